The maximum absolute atomic E-state index is 11.8. The third kappa shape index (κ3) is 2.53. The fraction of sp³-hybridized carbons (Fsp3) is 0.625. The number of aromatic nitrogens is 2. The van der Waals surface area contributed by atoms with Crippen molar-refractivity contribution >= 4 is 21.8 Å². The van der Waals surface area contributed by atoms with Gasteiger partial charge in [-0.2, -0.15) is 11.8 Å². The molecule has 1 unspecified atom stereocenters. The first-order chi connectivity index (χ1) is 7.08. The van der Waals surface area contributed by atoms with Crippen LogP contribution in [0, 0.1) is 6.92 Å². The van der Waals surface area contributed by atoms with Gasteiger partial charge in [-0.1, -0.05) is 0 Å². The van der Waals surface area contributed by atoms with Gasteiger partial charge in [-0.05, 0) is 19.1 Å². The number of hydrogen-bond acceptors (Lipinski definition) is 4. The number of aryl methyl sites for hydroxylation is 1. The monoisotopic (exact) mass is 247 g/mol. The van der Waals surface area contributed by atoms with E-state index in [0.717, 1.165) is 17.9 Å². The predicted octanol–water partition coefficient (Wildman–Crippen LogP) is 0.502. The van der Waals surface area contributed by atoms with Crippen LogP contribution in [0.25, 0.3) is 0 Å². The van der Waals surface area contributed by atoms with Crippen molar-refractivity contribution in [2.24, 2.45) is 0 Å². The Morgan fingerprint density at radius 2 is 2.47 bits per heavy atom. The minimum absolute atomic E-state index is 0.0589. The number of thioether (sulfide) groups is 1. The Kier molecular flexibility index (Phi) is 3.03. The summed E-state index contributed by atoms with van der Waals surface area (Å²) in [5, 5.41) is 0.150. The zero-order chi connectivity index (χ0) is 10.9. The van der Waals surface area contributed by atoms with Crippen molar-refractivity contribution in [3.63, 3.8) is 0 Å². The van der Waals surface area contributed by atoms with Crippen LogP contribution >= 0.6 is 11.8 Å². The van der Waals surface area contributed by atoms with E-state index in [2.05, 4.69) is 14.7 Å². The van der Waals surface area contributed by atoms with Gasteiger partial charge in [-0.3, -0.25) is 0 Å². The van der Waals surface area contributed by atoms with Crippen molar-refractivity contribution in [2.45, 2.75) is 24.4 Å². The highest BCUT2D eigenvalue weighted by atomic mass is 32.2. The molecular weight excluding hydrogens is 234 g/mol. The molecule has 0 amide bonds. The van der Waals surface area contributed by atoms with Crippen molar-refractivity contribution in [3.05, 3.63) is 12.0 Å². The summed E-state index contributed by atoms with van der Waals surface area (Å²) in [6.07, 6.45) is 2.25. The lowest BCUT2D eigenvalue weighted by Gasteiger charge is -2.09. The fourth-order valence-electron chi connectivity index (χ4n) is 1.45. The van der Waals surface area contributed by atoms with Crippen LogP contribution in [0.5, 0.6) is 0 Å². The molecule has 1 aliphatic rings. The van der Waals surface area contributed by atoms with Gasteiger partial charge in [0.05, 0.1) is 6.20 Å². The Morgan fingerprint density at radius 3 is 3.00 bits per heavy atom. The number of sulfonamides is 1. The van der Waals surface area contributed by atoms with Gasteiger partial charge in [-0.15, -0.1) is 0 Å². The molecule has 15 heavy (non-hydrogen) atoms. The van der Waals surface area contributed by atoms with Crippen LogP contribution < -0.4 is 4.72 Å². The highest BCUT2D eigenvalue weighted by Gasteiger charge is 2.24. The number of nitrogens with zero attached hydrogens (tertiary/aromatic N) is 1. The number of rotatable bonds is 3. The van der Waals surface area contributed by atoms with Crippen LogP contribution in [0.1, 0.15) is 12.2 Å². The van der Waals surface area contributed by atoms with Crippen molar-refractivity contribution in [2.75, 3.05) is 11.5 Å². The second kappa shape index (κ2) is 4.15. The molecule has 84 valence electrons. The standard InChI is InChI=1S/C8H13N3O2S2/c1-6-9-4-8(10-6)15(12,13)11-7-2-3-14-5-7/h4,7,11H,2-3,5H2,1H3,(H,9,10). The van der Waals surface area contributed by atoms with E-state index in [1.807, 2.05) is 0 Å². The van der Waals surface area contributed by atoms with Crippen LogP contribution in [-0.2, 0) is 10.0 Å². The van der Waals surface area contributed by atoms with E-state index in [1.54, 1.807) is 18.7 Å². The lowest BCUT2D eigenvalue weighted by atomic mass is 10.3. The van der Waals surface area contributed by atoms with Gasteiger partial charge >= 0.3 is 0 Å². The number of H-pyrrole nitrogens is 1. The first-order valence-corrected chi connectivity index (χ1v) is 7.33. The molecule has 0 bridgehead atoms. The summed E-state index contributed by atoms with van der Waals surface area (Å²) in [4.78, 5) is 6.60. The Bertz CT molecular complexity index is 434. The second-order valence-corrected chi connectivity index (χ2v) is 6.35. The van der Waals surface area contributed by atoms with E-state index in [4.69, 9.17) is 0 Å². The van der Waals surface area contributed by atoms with Crippen LogP contribution in [0.4, 0.5) is 0 Å². The molecule has 1 aliphatic heterocycles. The summed E-state index contributed by atoms with van der Waals surface area (Å²) in [5.41, 5.74) is 0. The summed E-state index contributed by atoms with van der Waals surface area (Å²) in [7, 11) is -3.40. The van der Waals surface area contributed by atoms with E-state index in [1.165, 1.54) is 6.20 Å². The first kappa shape index (κ1) is 11.0. The molecule has 1 atom stereocenters. The normalized spacial score (nSPS) is 22.1. The molecule has 1 fully saturated rings. The van der Waals surface area contributed by atoms with E-state index in [0.29, 0.717) is 5.82 Å². The quantitative estimate of drug-likeness (QED) is 0.815. The molecule has 0 spiro atoms. The molecular formula is C8H13N3O2S2. The summed E-state index contributed by atoms with van der Waals surface area (Å²) in [6.45, 7) is 1.73. The molecule has 0 aliphatic carbocycles. The summed E-state index contributed by atoms with van der Waals surface area (Å²) < 4.78 is 26.3. The van der Waals surface area contributed by atoms with Crippen LogP contribution in [0.3, 0.4) is 0 Å². The van der Waals surface area contributed by atoms with Crippen LogP contribution in [-0.4, -0.2) is 35.9 Å². The highest BCUT2D eigenvalue weighted by Crippen LogP contribution is 2.19. The SMILES string of the molecule is Cc1ncc(S(=O)(=O)NC2CCSC2)[nH]1. The molecule has 1 aromatic rings. The maximum atomic E-state index is 11.8. The number of hydrogen-bond donors (Lipinski definition) is 2. The Morgan fingerprint density at radius 1 is 1.67 bits per heavy atom. The van der Waals surface area contributed by atoms with E-state index in [9.17, 15) is 8.42 Å². The van der Waals surface area contributed by atoms with E-state index in [-0.39, 0.29) is 11.1 Å². The van der Waals surface area contributed by atoms with Gasteiger partial charge in [-0.25, -0.2) is 18.1 Å². The van der Waals surface area contributed by atoms with Gasteiger partial charge in [0.1, 0.15) is 5.82 Å². The van der Waals surface area contributed by atoms with Gasteiger partial charge in [0.25, 0.3) is 10.0 Å². The smallest absolute Gasteiger partial charge is 0.257 e. The van der Waals surface area contributed by atoms with Crippen molar-refractivity contribution < 1.29 is 8.42 Å². The Hall–Kier alpha value is -0.530. The fourth-order valence-corrected chi connectivity index (χ4v) is 3.94. The third-order valence-corrected chi connectivity index (χ3v) is 4.81. The summed E-state index contributed by atoms with van der Waals surface area (Å²) in [5.74, 6) is 2.48. The van der Waals surface area contributed by atoms with Crippen molar-refractivity contribution in [1.82, 2.24) is 14.7 Å². The predicted molar refractivity (Wildman–Crippen MR) is 59.4 cm³/mol. The van der Waals surface area contributed by atoms with Crippen molar-refractivity contribution in [1.29, 1.82) is 0 Å². The molecule has 5 nitrogen and oxygen atoms in total. The lowest BCUT2D eigenvalue weighted by Crippen LogP contribution is -2.34. The third-order valence-electron chi connectivity index (χ3n) is 2.22. The molecule has 0 radical (unpaired) electrons. The largest absolute Gasteiger partial charge is 0.332 e. The van der Waals surface area contributed by atoms with Crippen LogP contribution in [0.2, 0.25) is 0 Å². The van der Waals surface area contributed by atoms with Gasteiger partial charge < -0.3 is 4.98 Å². The number of imidazole rings is 1. The summed E-state index contributed by atoms with van der Waals surface area (Å²) >= 11 is 1.77. The van der Waals surface area contributed by atoms with E-state index < -0.39 is 10.0 Å². The highest BCUT2D eigenvalue weighted by molar-refractivity contribution is 7.99. The van der Waals surface area contributed by atoms with Crippen LogP contribution in [0.15, 0.2) is 11.2 Å². The molecule has 2 rings (SSSR count). The number of nitrogens with one attached hydrogen (secondary N) is 2. The molecule has 2 N–H and O–H groups in total. The van der Waals surface area contributed by atoms with E-state index >= 15 is 0 Å². The lowest BCUT2D eigenvalue weighted by molar-refractivity contribution is 0.560. The molecule has 1 saturated heterocycles. The average Bonchev–Trinajstić information content (AvgIpc) is 2.75. The number of aromatic amines is 1. The van der Waals surface area contributed by atoms with Gasteiger partial charge in [0.2, 0.25) is 0 Å². The molecule has 7 heteroatoms. The summed E-state index contributed by atoms with van der Waals surface area (Å²) in [6, 6.07) is 0.0589. The molecule has 0 aromatic carbocycles. The van der Waals surface area contributed by atoms with Gasteiger partial charge in [0.15, 0.2) is 5.03 Å². The zero-order valence-electron chi connectivity index (χ0n) is 8.36. The maximum Gasteiger partial charge on any atom is 0.257 e. The minimum Gasteiger partial charge on any atom is -0.332 e. The molecule has 2 heterocycles. The van der Waals surface area contributed by atoms with Gasteiger partial charge in [0, 0.05) is 11.8 Å². The molecule has 0 saturated carbocycles. The first-order valence-electron chi connectivity index (χ1n) is 4.69. The second-order valence-electron chi connectivity index (χ2n) is 3.51. The topological polar surface area (TPSA) is 74.8 Å². The Labute approximate surface area is 93.1 Å². The average molecular weight is 247 g/mol. The molecule has 1 aromatic heterocycles. The zero-order valence-corrected chi connectivity index (χ0v) is 9.99. The Balaban J connectivity index is 2.12. The minimum atomic E-state index is -3.40. The van der Waals surface area contributed by atoms with Crippen molar-refractivity contribution in [3.8, 4) is 0 Å².